The zero-order chi connectivity index (χ0) is 39.8. The maximum absolute atomic E-state index is 13.7. The number of aromatic nitrogens is 2. The van der Waals surface area contributed by atoms with E-state index in [0.29, 0.717) is 13.0 Å². The molecule has 300 valence electrons. The van der Waals surface area contributed by atoms with Crippen molar-refractivity contribution in [2.75, 3.05) is 13.2 Å². The fourth-order valence-electron chi connectivity index (χ4n) is 6.75. The van der Waals surface area contributed by atoms with Gasteiger partial charge in [0.2, 0.25) is 17.7 Å². The minimum Gasteiger partial charge on any atom is -0.403 e. The summed E-state index contributed by atoms with van der Waals surface area (Å²) in [5.74, 6) is -0.915. The van der Waals surface area contributed by atoms with Crippen molar-refractivity contribution in [2.24, 2.45) is 0 Å². The number of halogens is 1. The van der Waals surface area contributed by atoms with Gasteiger partial charge in [0.1, 0.15) is 17.8 Å². The highest BCUT2D eigenvalue weighted by Crippen LogP contribution is 2.45. The Kier molecular flexibility index (Phi) is 16.4. The van der Waals surface area contributed by atoms with E-state index in [2.05, 4.69) is 25.9 Å². The van der Waals surface area contributed by atoms with E-state index in [4.69, 9.17) is 20.6 Å². The number of aromatic amines is 2. The molecule has 2 aromatic heterocycles. The first kappa shape index (κ1) is 42.5. The highest BCUT2D eigenvalue weighted by molar-refractivity contribution is 7.47. The second kappa shape index (κ2) is 21.6. The van der Waals surface area contributed by atoms with Crippen molar-refractivity contribution >= 4 is 59.0 Å². The summed E-state index contributed by atoms with van der Waals surface area (Å²) in [5, 5.41) is 11.0. The Bertz CT molecular complexity index is 2050. The molecule has 0 aliphatic rings. The molecule has 2 heterocycles. The number of hydrogen-bond donors (Lipinski definition) is 6. The van der Waals surface area contributed by atoms with E-state index in [1.807, 2.05) is 60.8 Å². The van der Waals surface area contributed by atoms with Gasteiger partial charge in [-0.05, 0) is 54.1 Å². The van der Waals surface area contributed by atoms with E-state index in [-0.39, 0.29) is 42.0 Å². The summed E-state index contributed by atoms with van der Waals surface area (Å²) >= 11 is 5.98. The van der Waals surface area contributed by atoms with Gasteiger partial charge >= 0.3 is 7.82 Å². The van der Waals surface area contributed by atoms with Gasteiger partial charge in [-0.25, -0.2) is 4.57 Å². The van der Waals surface area contributed by atoms with E-state index < -0.39 is 25.8 Å². The average molecular weight is 806 g/mol. The molecule has 5 rings (SSSR count). The molecule has 0 radical (unpaired) electrons. The summed E-state index contributed by atoms with van der Waals surface area (Å²) in [6.45, 7) is 2.01. The summed E-state index contributed by atoms with van der Waals surface area (Å²) in [6, 6.07) is 22.4. The highest BCUT2D eigenvalue weighted by atomic mass is 35.5. The van der Waals surface area contributed by atoms with Crippen molar-refractivity contribution in [3.8, 4) is 5.75 Å². The number of benzene rings is 3. The molecule has 6 N–H and O–H groups in total. The summed E-state index contributed by atoms with van der Waals surface area (Å²) in [7, 11) is -4.22. The molecule has 3 amide bonds. The Morgan fingerprint density at radius 1 is 0.768 bits per heavy atom. The normalized spacial score (nSPS) is 13.6. The summed E-state index contributed by atoms with van der Waals surface area (Å²) < 4.78 is 22.3. The Labute approximate surface area is 333 Å². The van der Waals surface area contributed by atoms with Gasteiger partial charge in [0.15, 0.2) is 0 Å². The Morgan fingerprint density at radius 3 is 2.11 bits per heavy atom. The lowest BCUT2D eigenvalue weighted by atomic mass is 10.0. The van der Waals surface area contributed by atoms with Crippen molar-refractivity contribution in [3.63, 3.8) is 0 Å². The maximum Gasteiger partial charge on any atom is 0.527 e. The largest absolute Gasteiger partial charge is 0.527 e. The lowest BCUT2D eigenvalue weighted by Gasteiger charge is -2.23. The van der Waals surface area contributed by atoms with Crippen LogP contribution in [-0.4, -0.2) is 57.8 Å². The van der Waals surface area contributed by atoms with Crippen LogP contribution in [0.4, 0.5) is 0 Å². The van der Waals surface area contributed by atoms with Crippen molar-refractivity contribution in [3.05, 3.63) is 101 Å². The number of phosphoric acid groups is 1. The van der Waals surface area contributed by atoms with E-state index >= 15 is 0 Å². The van der Waals surface area contributed by atoms with Gasteiger partial charge in [-0.2, -0.15) is 0 Å². The number of unbranched alkanes of at least 4 members (excludes halogenated alkanes) is 9. The third-order valence-corrected chi connectivity index (χ3v) is 10.9. The van der Waals surface area contributed by atoms with Gasteiger partial charge < -0.3 is 30.4 Å². The monoisotopic (exact) mass is 805 g/mol. The van der Waals surface area contributed by atoms with Gasteiger partial charge in [0.05, 0.1) is 11.6 Å². The second-order valence-electron chi connectivity index (χ2n) is 14.1. The number of hydrogen-bond acceptors (Lipinski definition) is 6. The average Bonchev–Trinajstić information content (AvgIpc) is 3.78. The molecule has 56 heavy (non-hydrogen) atoms. The fraction of sp³-hybridized carbons (Fsp3) is 0.405. The molecule has 14 heteroatoms. The van der Waals surface area contributed by atoms with E-state index in [0.717, 1.165) is 90.9 Å². The standard InChI is InChI=1S/C42H53ClN5O7P/c1-30(49)46-39(28-33-26-31-18-10-13-21-36(31)47-33)42(51)48-38(27-32-29-45-37-22-14-11-19-34(32)37)41(50)44-24-16-8-6-4-2-3-5-7-9-17-25-54-56(52,53)55-40-23-15-12-20-35(40)43/h10-15,18-23,26,29,38-39,45,47H,2-9,16-17,24-25,27-28H2,1H3,(H,44,50)(H,46,49)(H,48,51)(H,52,53)/t38-,39-/m1/s1. The number of para-hydroxylation sites is 3. The van der Waals surface area contributed by atoms with Crippen molar-refractivity contribution in [1.29, 1.82) is 0 Å². The zero-order valence-corrected chi connectivity index (χ0v) is 33.5. The van der Waals surface area contributed by atoms with Gasteiger partial charge in [0.25, 0.3) is 0 Å². The number of H-pyrrole nitrogens is 2. The molecular weight excluding hydrogens is 753 g/mol. The number of rotatable bonds is 24. The van der Waals surface area contributed by atoms with Crippen LogP contribution in [0.25, 0.3) is 21.8 Å². The summed E-state index contributed by atoms with van der Waals surface area (Å²) in [5.41, 5.74) is 3.61. The predicted molar refractivity (Wildman–Crippen MR) is 221 cm³/mol. The Hall–Kier alpha value is -4.61. The molecule has 0 spiro atoms. The second-order valence-corrected chi connectivity index (χ2v) is 15.9. The number of carbonyl (C=O) groups is 3. The van der Waals surface area contributed by atoms with Crippen molar-refractivity contribution in [2.45, 2.75) is 96.1 Å². The van der Waals surface area contributed by atoms with E-state index in [1.54, 1.807) is 18.2 Å². The number of nitrogens with one attached hydrogen (secondary N) is 5. The molecular formula is C42H53ClN5O7P. The minimum absolute atomic E-state index is 0.115. The molecule has 0 saturated heterocycles. The molecule has 3 atom stereocenters. The maximum atomic E-state index is 13.7. The quantitative estimate of drug-likeness (QED) is 0.0269. The molecule has 0 aliphatic heterocycles. The lowest BCUT2D eigenvalue weighted by Crippen LogP contribution is -2.55. The van der Waals surface area contributed by atoms with Gasteiger partial charge in [-0.1, -0.05) is 111 Å². The molecule has 3 aromatic carbocycles. The van der Waals surface area contributed by atoms with Crippen LogP contribution in [0.3, 0.4) is 0 Å². The SMILES string of the molecule is CC(=O)N[C@H](Cc1cc2ccccc2[nH]1)C(=O)N[C@H](Cc1c[nH]c2ccccc12)C(=O)NCCCCCCCCCCCCOP(=O)(O)Oc1ccccc1Cl. The summed E-state index contributed by atoms with van der Waals surface area (Å²) in [6.07, 6.45) is 12.2. The van der Waals surface area contributed by atoms with Crippen LogP contribution < -0.4 is 20.5 Å². The van der Waals surface area contributed by atoms with Gasteiger partial charge in [-0.3, -0.25) is 23.8 Å². The molecule has 0 saturated carbocycles. The minimum atomic E-state index is -4.22. The third-order valence-electron chi connectivity index (χ3n) is 9.61. The molecule has 0 fully saturated rings. The molecule has 0 bridgehead atoms. The number of phosphoric ester groups is 1. The van der Waals surface area contributed by atoms with Crippen LogP contribution in [0.2, 0.25) is 5.02 Å². The summed E-state index contributed by atoms with van der Waals surface area (Å²) in [4.78, 5) is 56.0. The van der Waals surface area contributed by atoms with Crippen LogP contribution in [0.1, 0.15) is 82.4 Å². The van der Waals surface area contributed by atoms with Crippen LogP contribution in [0, 0.1) is 0 Å². The van der Waals surface area contributed by atoms with Crippen molar-refractivity contribution < 1.29 is 32.9 Å². The van der Waals surface area contributed by atoms with E-state index in [1.165, 1.54) is 13.0 Å². The molecule has 1 unspecified atom stereocenters. The molecule has 12 nitrogen and oxygen atoms in total. The first-order valence-electron chi connectivity index (χ1n) is 19.5. The van der Waals surface area contributed by atoms with E-state index in [9.17, 15) is 23.8 Å². The van der Waals surface area contributed by atoms with Gasteiger partial charge in [0, 0.05) is 54.6 Å². The van der Waals surface area contributed by atoms with Crippen LogP contribution in [-0.2, 0) is 36.3 Å². The Balaban J connectivity index is 1.01. The predicted octanol–water partition coefficient (Wildman–Crippen LogP) is 8.29. The Morgan fingerprint density at radius 2 is 1.39 bits per heavy atom. The molecule has 0 aliphatic carbocycles. The van der Waals surface area contributed by atoms with Crippen LogP contribution >= 0.6 is 19.4 Å². The highest BCUT2D eigenvalue weighted by Gasteiger charge is 2.28. The van der Waals surface area contributed by atoms with Gasteiger partial charge in [-0.15, -0.1) is 0 Å². The topological polar surface area (TPSA) is 175 Å². The first-order valence-corrected chi connectivity index (χ1v) is 21.3. The first-order chi connectivity index (χ1) is 27.1. The van der Waals surface area contributed by atoms with Crippen LogP contribution in [0.15, 0.2) is 85.1 Å². The number of fused-ring (bicyclic) bond motifs is 2. The van der Waals surface area contributed by atoms with Crippen LogP contribution in [0.5, 0.6) is 5.75 Å². The molecule has 5 aromatic rings. The zero-order valence-electron chi connectivity index (χ0n) is 31.9. The number of carbonyl (C=O) groups excluding carboxylic acids is 3. The van der Waals surface area contributed by atoms with Crippen molar-refractivity contribution in [1.82, 2.24) is 25.9 Å². The lowest BCUT2D eigenvalue weighted by molar-refractivity contribution is -0.131. The number of amides is 3. The fourth-order valence-corrected chi connectivity index (χ4v) is 7.79. The third kappa shape index (κ3) is 13.5. The smallest absolute Gasteiger partial charge is 0.403 e.